The summed E-state index contributed by atoms with van der Waals surface area (Å²) in [5.74, 6) is 0.394. The maximum Gasteiger partial charge on any atom is 0.243 e. The first kappa shape index (κ1) is 22.2. The van der Waals surface area contributed by atoms with Crippen molar-refractivity contribution in [1.29, 1.82) is 0 Å². The molecule has 160 valence electrons. The van der Waals surface area contributed by atoms with Gasteiger partial charge in [0.15, 0.2) is 11.0 Å². The minimum absolute atomic E-state index is 0.0329. The Labute approximate surface area is 185 Å². The van der Waals surface area contributed by atoms with Crippen molar-refractivity contribution in [2.75, 3.05) is 24.7 Å². The minimum Gasteiger partial charge on any atom is -0.336 e. The fraction of sp³-hybridized carbons (Fsp3) is 0.227. The molecule has 1 N–H and O–H groups in total. The molecule has 0 fully saturated rings. The fourth-order valence-corrected chi connectivity index (χ4v) is 3.67. The molecule has 2 heterocycles. The number of rotatable bonds is 9. The number of nitrogens with one attached hydrogen (secondary N) is 1. The van der Waals surface area contributed by atoms with Gasteiger partial charge in [-0.05, 0) is 31.2 Å². The second-order valence-corrected chi connectivity index (χ2v) is 7.84. The molecule has 31 heavy (non-hydrogen) atoms. The van der Waals surface area contributed by atoms with Gasteiger partial charge in [0, 0.05) is 37.2 Å². The molecule has 0 aliphatic carbocycles. The Hall–Kier alpha value is -3.46. The SMILES string of the molecule is C=CCn1c(SCC(=O)N(C)CC(=O)Nc2ccc(C)cc2)nnc1-c1ccncc1. The van der Waals surface area contributed by atoms with Crippen molar-refractivity contribution in [1.82, 2.24) is 24.6 Å². The molecule has 0 atom stereocenters. The summed E-state index contributed by atoms with van der Waals surface area (Å²) >= 11 is 1.27. The highest BCUT2D eigenvalue weighted by atomic mass is 32.2. The smallest absolute Gasteiger partial charge is 0.243 e. The summed E-state index contributed by atoms with van der Waals surface area (Å²) in [5, 5.41) is 11.9. The van der Waals surface area contributed by atoms with E-state index in [1.54, 1.807) is 25.5 Å². The van der Waals surface area contributed by atoms with Gasteiger partial charge in [-0.3, -0.25) is 19.1 Å². The monoisotopic (exact) mass is 436 g/mol. The fourth-order valence-electron chi connectivity index (χ4n) is 2.78. The highest BCUT2D eigenvalue weighted by molar-refractivity contribution is 7.99. The van der Waals surface area contributed by atoms with Crippen molar-refractivity contribution in [2.45, 2.75) is 18.6 Å². The minimum atomic E-state index is -0.250. The number of thioether (sulfide) groups is 1. The molecule has 0 spiro atoms. The van der Waals surface area contributed by atoms with E-state index in [4.69, 9.17) is 0 Å². The summed E-state index contributed by atoms with van der Waals surface area (Å²) < 4.78 is 1.89. The van der Waals surface area contributed by atoms with Crippen molar-refractivity contribution in [3.63, 3.8) is 0 Å². The Kier molecular flexibility index (Phi) is 7.55. The topological polar surface area (TPSA) is 93.0 Å². The van der Waals surface area contributed by atoms with E-state index in [0.717, 1.165) is 11.1 Å². The molecule has 8 nitrogen and oxygen atoms in total. The van der Waals surface area contributed by atoms with Crippen LogP contribution in [0.3, 0.4) is 0 Å². The molecular weight excluding hydrogens is 412 g/mol. The molecule has 0 saturated carbocycles. The summed E-state index contributed by atoms with van der Waals surface area (Å²) in [6, 6.07) is 11.2. The van der Waals surface area contributed by atoms with Gasteiger partial charge in [0.25, 0.3) is 0 Å². The lowest BCUT2D eigenvalue weighted by Gasteiger charge is -2.16. The number of likely N-dealkylation sites (N-methyl/N-ethyl adjacent to an activating group) is 1. The largest absolute Gasteiger partial charge is 0.336 e. The van der Waals surface area contributed by atoms with Gasteiger partial charge in [-0.15, -0.1) is 16.8 Å². The Balaban J connectivity index is 1.58. The average molecular weight is 437 g/mol. The van der Waals surface area contributed by atoms with E-state index in [9.17, 15) is 9.59 Å². The molecule has 0 unspecified atom stereocenters. The van der Waals surface area contributed by atoms with Crippen LogP contribution in [0.1, 0.15) is 5.56 Å². The predicted octanol–water partition coefficient (Wildman–Crippen LogP) is 3.02. The summed E-state index contributed by atoms with van der Waals surface area (Å²) in [6.45, 7) is 6.24. The zero-order valence-electron chi connectivity index (χ0n) is 17.5. The molecule has 2 amide bonds. The van der Waals surface area contributed by atoms with Crippen molar-refractivity contribution in [3.8, 4) is 11.4 Å². The third kappa shape index (κ3) is 6.02. The number of aryl methyl sites for hydroxylation is 1. The van der Waals surface area contributed by atoms with Crippen LogP contribution in [0.5, 0.6) is 0 Å². The molecule has 1 aromatic carbocycles. The van der Waals surface area contributed by atoms with Crippen LogP contribution >= 0.6 is 11.8 Å². The zero-order valence-corrected chi connectivity index (χ0v) is 18.3. The maximum atomic E-state index is 12.5. The lowest BCUT2D eigenvalue weighted by Crippen LogP contribution is -2.36. The first-order valence-electron chi connectivity index (χ1n) is 9.65. The van der Waals surface area contributed by atoms with Gasteiger partial charge >= 0.3 is 0 Å². The van der Waals surface area contributed by atoms with Gasteiger partial charge in [0.1, 0.15) is 0 Å². The number of aromatic nitrogens is 4. The lowest BCUT2D eigenvalue weighted by atomic mass is 10.2. The molecule has 0 saturated heterocycles. The van der Waals surface area contributed by atoms with E-state index in [1.807, 2.05) is 47.9 Å². The lowest BCUT2D eigenvalue weighted by molar-refractivity contribution is -0.131. The van der Waals surface area contributed by atoms with E-state index in [0.29, 0.717) is 23.2 Å². The number of amides is 2. The van der Waals surface area contributed by atoms with Crippen molar-refractivity contribution in [3.05, 3.63) is 67.0 Å². The van der Waals surface area contributed by atoms with E-state index >= 15 is 0 Å². The first-order valence-corrected chi connectivity index (χ1v) is 10.6. The number of carbonyl (C=O) groups is 2. The maximum absolute atomic E-state index is 12.5. The number of hydrogen-bond acceptors (Lipinski definition) is 6. The molecule has 9 heteroatoms. The summed E-state index contributed by atoms with van der Waals surface area (Å²) in [7, 11) is 1.61. The van der Waals surface area contributed by atoms with Crippen LogP contribution in [0.15, 0.2) is 66.6 Å². The Bertz CT molecular complexity index is 1050. The van der Waals surface area contributed by atoms with E-state index in [1.165, 1.54) is 16.7 Å². The molecule has 0 radical (unpaired) electrons. The number of pyridine rings is 1. The van der Waals surface area contributed by atoms with Crippen molar-refractivity contribution in [2.24, 2.45) is 0 Å². The molecular formula is C22H24N6O2S. The van der Waals surface area contributed by atoms with Crippen LogP contribution in [0.25, 0.3) is 11.4 Å². The second-order valence-electron chi connectivity index (χ2n) is 6.89. The summed E-state index contributed by atoms with van der Waals surface area (Å²) in [4.78, 5) is 30.2. The Morgan fingerprint density at radius 1 is 1.16 bits per heavy atom. The number of anilines is 1. The van der Waals surface area contributed by atoms with Crippen LogP contribution in [0.4, 0.5) is 5.69 Å². The van der Waals surface area contributed by atoms with Gasteiger partial charge < -0.3 is 10.2 Å². The Morgan fingerprint density at radius 3 is 2.55 bits per heavy atom. The molecule has 0 aliphatic rings. The quantitative estimate of drug-likeness (QED) is 0.409. The van der Waals surface area contributed by atoms with E-state index < -0.39 is 0 Å². The normalized spacial score (nSPS) is 10.5. The summed E-state index contributed by atoms with van der Waals surface area (Å²) in [5.41, 5.74) is 2.69. The van der Waals surface area contributed by atoms with Gasteiger partial charge in [0.2, 0.25) is 11.8 Å². The first-order chi connectivity index (χ1) is 15.0. The zero-order chi connectivity index (χ0) is 22.2. The predicted molar refractivity (Wildman–Crippen MR) is 122 cm³/mol. The van der Waals surface area contributed by atoms with Crippen LogP contribution < -0.4 is 5.32 Å². The van der Waals surface area contributed by atoms with Crippen LogP contribution in [0, 0.1) is 6.92 Å². The third-order valence-electron chi connectivity index (χ3n) is 4.43. The number of benzene rings is 1. The molecule has 0 bridgehead atoms. The van der Waals surface area contributed by atoms with Crippen LogP contribution in [-0.2, 0) is 16.1 Å². The molecule has 3 rings (SSSR count). The summed E-state index contributed by atoms with van der Waals surface area (Å²) in [6.07, 6.45) is 5.13. The van der Waals surface area contributed by atoms with Gasteiger partial charge in [-0.25, -0.2) is 0 Å². The van der Waals surface area contributed by atoms with E-state index in [-0.39, 0.29) is 24.1 Å². The van der Waals surface area contributed by atoms with Crippen LogP contribution in [0.2, 0.25) is 0 Å². The molecule has 0 aliphatic heterocycles. The molecule has 3 aromatic rings. The number of nitrogens with zero attached hydrogens (tertiary/aromatic N) is 5. The highest BCUT2D eigenvalue weighted by Crippen LogP contribution is 2.23. The van der Waals surface area contributed by atoms with Gasteiger partial charge in [-0.1, -0.05) is 35.5 Å². The molecule has 2 aromatic heterocycles. The standard InChI is InChI=1S/C22H24N6O2S/c1-4-13-28-21(17-9-11-23-12-10-17)25-26-22(28)31-15-20(30)27(3)14-19(29)24-18-7-5-16(2)6-8-18/h4-12H,1,13-15H2,2-3H3,(H,24,29). The second kappa shape index (κ2) is 10.5. The van der Waals surface area contributed by atoms with Crippen molar-refractivity contribution < 1.29 is 9.59 Å². The van der Waals surface area contributed by atoms with Gasteiger partial charge in [0.05, 0.1) is 12.3 Å². The third-order valence-corrected chi connectivity index (χ3v) is 5.39. The number of carbonyl (C=O) groups excluding carboxylic acids is 2. The van der Waals surface area contributed by atoms with E-state index in [2.05, 4.69) is 27.1 Å². The van der Waals surface area contributed by atoms with Crippen molar-refractivity contribution >= 4 is 29.3 Å². The van der Waals surface area contributed by atoms with Crippen LogP contribution in [-0.4, -0.2) is 55.8 Å². The highest BCUT2D eigenvalue weighted by Gasteiger charge is 2.18. The van der Waals surface area contributed by atoms with Gasteiger partial charge in [-0.2, -0.15) is 0 Å². The Morgan fingerprint density at radius 2 is 1.87 bits per heavy atom. The number of allylic oxidation sites excluding steroid dienone is 1. The number of hydrogen-bond donors (Lipinski definition) is 1. The average Bonchev–Trinajstić information content (AvgIpc) is 3.17.